The van der Waals surface area contributed by atoms with Gasteiger partial charge in [-0.1, -0.05) is 48.5 Å². The van der Waals surface area contributed by atoms with Crippen LogP contribution in [0.4, 0.5) is 5.69 Å². The number of fused-ring (bicyclic) bond motifs is 1. The number of nitrogens with one attached hydrogen (secondary N) is 2. The summed E-state index contributed by atoms with van der Waals surface area (Å²) < 4.78 is 17.2. The van der Waals surface area contributed by atoms with Crippen LogP contribution in [0.2, 0.25) is 0 Å². The fraction of sp³-hybridized carbons (Fsp3) is 0.222. The van der Waals surface area contributed by atoms with Crippen molar-refractivity contribution in [3.8, 4) is 17.2 Å². The number of benzene rings is 3. The Balaban J connectivity index is 0.000000568. The maximum absolute atomic E-state index is 13.3. The maximum Gasteiger partial charge on any atom is 0.414 e. The molecule has 1 aliphatic rings. The molecule has 37 heavy (non-hydrogen) atoms. The van der Waals surface area contributed by atoms with Gasteiger partial charge in [-0.05, 0) is 42.3 Å². The summed E-state index contributed by atoms with van der Waals surface area (Å²) in [5.41, 5.74) is 2.54. The minimum absolute atomic E-state index is 0.174. The summed E-state index contributed by atoms with van der Waals surface area (Å²) in [4.78, 5) is 31.5. The number of carbonyl (C=O) groups excluding carboxylic acids is 1. The Morgan fingerprint density at radius 3 is 2.27 bits per heavy atom. The summed E-state index contributed by atoms with van der Waals surface area (Å²) in [5.74, 6) is -1.75. The van der Waals surface area contributed by atoms with Gasteiger partial charge < -0.3 is 29.7 Å². The van der Waals surface area contributed by atoms with Gasteiger partial charge in [0.05, 0.1) is 12.8 Å². The van der Waals surface area contributed by atoms with Crippen LogP contribution in [-0.2, 0) is 14.4 Å². The Kier molecular flexibility index (Phi) is 9.45. The molecule has 2 unspecified atom stereocenters. The summed E-state index contributed by atoms with van der Waals surface area (Å²) >= 11 is 0. The van der Waals surface area contributed by atoms with Gasteiger partial charge in [0, 0.05) is 6.54 Å². The maximum atomic E-state index is 13.3. The van der Waals surface area contributed by atoms with Gasteiger partial charge in [0.2, 0.25) is 5.91 Å². The fourth-order valence-corrected chi connectivity index (χ4v) is 3.54. The van der Waals surface area contributed by atoms with E-state index >= 15 is 0 Å². The number of carbonyl (C=O) groups is 3. The van der Waals surface area contributed by atoms with Crippen LogP contribution >= 0.6 is 0 Å². The van der Waals surface area contributed by atoms with E-state index in [0.29, 0.717) is 30.3 Å². The van der Waals surface area contributed by atoms with Crippen molar-refractivity contribution in [2.45, 2.75) is 19.1 Å². The molecule has 0 fully saturated rings. The van der Waals surface area contributed by atoms with Crippen LogP contribution in [-0.4, -0.2) is 54.4 Å². The van der Waals surface area contributed by atoms with Crippen molar-refractivity contribution in [1.29, 1.82) is 0 Å². The first-order chi connectivity index (χ1) is 17.8. The molecule has 2 atom stereocenters. The molecule has 0 saturated heterocycles. The second-order valence-electron chi connectivity index (χ2n) is 8.05. The number of amides is 1. The van der Waals surface area contributed by atoms with E-state index in [1.807, 2.05) is 79.7 Å². The SMILES string of the molecule is COc1ccc(C)cc1NC(=O)C(NCC1COc2ccccc2O1)c1ccccc1.O=C(O)C(=O)O. The molecular weight excluding hydrogens is 480 g/mol. The van der Waals surface area contributed by atoms with Crippen molar-refractivity contribution in [3.05, 3.63) is 83.9 Å². The third-order valence-corrected chi connectivity index (χ3v) is 5.31. The second kappa shape index (κ2) is 12.9. The lowest BCUT2D eigenvalue weighted by Gasteiger charge is -2.28. The van der Waals surface area contributed by atoms with Crippen LogP contribution in [0.1, 0.15) is 17.2 Å². The standard InChI is InChI=1S/C25H26N2O4.C2H2O4/c1-17-12-13-21(29-2)20(14-17)27-25(28)24(18-8-4-3-5-9-18)26-15-19-16-30-22-10-6-7-11-23(22)31-19;3-1(4)2(5)6/h3-14,19,24,26H,15-16H2,1-2H3,(H,27,28);(H,3,4)(H,5,6). The number of carboxylic acid groups (broad SMARTS) is 2. The zero-order valence-corrected chi connectivity index (χ0v) is 20.3. The number of aliphatic carboxylic acids is 2. The van der Waals surface area contributed by atoms with Crippen LogP contribution in [0, 0.1) is 6.92 Å². The molecule has 194 valence electrons. The molecule has 3 aromatic rings. The average molecular weight is 509 g/mol. The summed E-state index contributed by atoms with van der Waals surface area (Å²) in [6.07, 6.45) is -0.206. The van der Waals surface area contributed by atoms with Gasteiger partial charge >= 0.3 is 11.9 Å². The van der Waals surface area contributed by atoms with E-state index in [-0.39, 0.29) is 12.0 Å². The van der Waals surface area contributed by atoms with Crippen LogP contribution in [0.25, 0.3) is 0 Å². The number of hydrogen-bond acceptors (Lipinski definition) is 7. The second-order valence-corrected chi connectivity index (χ2v) is 8.05. The molecule has 0 saturated carbocycles. The number of para-hydroxylation sites is 2. The Bertz CT molecular complexity index is 1220. The summed E-state index contributed by atoms with van der Waals surface area (Å²) in [5, 5.41) is 21.1. The lowest BCUT2D eigenvalue weighted by atomic mass is 10.1. The van der Waals surface area contributed by atoms with Crippen molar-refractivity contribution in [3.63, 3.8) is 0 Å². The molecule has 10 nitrogen and oxygen atoms in total. The monoisotopic (exact) mass is 508 g/mol. The first kappa shape index (κ1) is 27.0. The molecule has 0 spiro atoms. The van der Waals surface area contributed by atoms with E-state index in [4.69, 9.17) is 34.0 Å². The quantitative estimate of drug-likeness (QED) is 0.354. The van der Waals surface area contributed by atoms with E-state index < -0.39 is 18.0 Å². The van der Waals surface area contributed by atoms with Gasteiger partial charge in [-0.3, -0.25) is 10.1 Å². The Morgan fingerprint density at radius 1 is 0.973 bits per heavy atom. The average Bonchev–Trinajstić information content (AvgIpc) is 2.90. The number of methoxy groups -OCH3 is 1. The molecule has 0 aromatic heterocycles. The largest absolute Gasteiger partial charge is 0.495 e. The highest BCUT2D eigenvalue weighted by atomic mass is 16.6. The van der Waals surface area contributed by atoms with Crippen molar-refractivity contribution < 1.29 is 38.8 Å². The van der Waals surface area contributed by atoms with Crippen LogP contribution in [0.15, 0.2) is 72.8 Å². The molecule has 3 aromatic carbocycles. The normalized spacial score (nSPS) is 14.4. The number of rotatable bonds is 7. The number of hydrogen-bond donors (Lipinski definition) is 4. The zero-order chi connectivity index (χ0) is 26.8. The van der Waals surface area contributed by atoms with Gasteiger partial charge in [0.15, 0.2) is 11.5 Å². The van der Waals surface area contributed by atoms with Gasteiger partial charge in [0.25, 0.3) is 0 Å². The summed E-state index contributed by atoms with van der Waals surface area (Å²) in [6, 6.07) is 22.3. The highest BCUT2D eigenvalue weighted by molar-refractivity contribution is 6.27. The van der Waals surface area contributed by atoms with Gasteiger partial charge in [-0.2, -0.15) is 0 Å². The minimum Gasteiger partial charge on any atom is -0.495 e. The molecule has 4 rings (SSSR count). The van der Waals surface area contributed by atoms with Crippen molar-refractivity contribution >= 4 is 23.5 Å². The first-order valence-corrected chi connectivity index (χ1v) is 11.4. The van der Waals surface area contributed by atoms with Crippen LogP contribution < -0.4 is 24.8 Å². The highest BCUT2D eigenvalue weighted by Gasteiger charge is 2.26. The van der Waals surface area contributed by atoms with Gasteiger partial charge in [-0.15, -0.1) is 0 Å². The first-order valence-electron chi connectivity index (χ1n) is 11.4. The molecule has 1 heterocycles. The number of aryl methyl sites for hydroxylation is 1. The molecule has 0 radical (unpaired) electrons. The van der Waals surface area contributed by atoms with Gasteiger partial charge in [-0.25, -0.2) is 9.59 Å². The Labute approximate surface area is 213 Å². The predicted molar refractivity (Wildman–Crippen MR) is 135 cm³/mol. The van der Waals surface area contributed by atoms with Crippen LogP contribution in [0.3, 0.4) is 0 Å². The van der Waals surface area contributed by atoms with Crippen molar-refractivity contribution in [2.24, 2.45) is 0 Å². The predicted octanol–water partition coefficient (Wildman–Crippen LogP) is 3.27. The Hall–Kier alpha value is -4.57. The molecule has 0 aliphatic carbocycles. The lowest BCUT2D eigenvalue weighted by Crippen LogP contribution is -2.42. The van der Waals surface area contributed by atoms with E-state index in [0.717, 1.165) is 16.9 Å². The van der Waals surface area contributed by atoms with E-state index in [9.17, 15) is 4.79 Å². The molecule has 10 heteroatoms. The molecule has 0 bridgehead atoms. The summed E-state index contributed by atoms with van der Waals surface area (Å²) in [6.45, 7) is 2.84. The van der Waals surface area contributed by atoms with Crippen LogP contribution in [0.5, 0.6) is 17.2 Å². The smallest absolute Gasteiger partial charge is 0.414 e. The van der Waals surface area contributed by atoms with Gasteiger partial charge in [0.1, 0.15) is 24.5 Å². The number of carboxylic acids is 2. The minimum atomic E-state index is -1.82. The Morgan fingerprint density at radius 2 is 1.62 bits per heavy atom. The van der Waals surface area contributed by atoms with Crippen molar-refractivity contribution in [1.82, 2.24) is 5.32 Å². The molecule has 1 aliphatic heterocycles. The highest BCUT2D eigenvalue weighted by Crippen LogP contribution is 2.31. The van der Waals surface area contributed by atoms with E-state index in [2.05, 4.69) is 10.6 Å². The number of ether oxygens (including phenoxy) is 3. The third-order valence-electron chi connectivity index (χ3n) is 5.31. The number of anilines is 1. The van der Waals surface area contributed by atoms with E-state index in [1.165, 1.54) is 0 Å². The van der Waals surface area contributed by atoms with Crippen molar-refractivity contribution in [2.75, 3.05) is 25.6 Å². The third kappa shape index (κ3) is 7.71. The molecular formula is C27H28N2O8. The zero-order valence-electron chi connectivity index (χ0n) is 20.3. The van der Waals surface area contributed by atoms with E-state index in [1.54, 1.807) is 7.11 Å². The summed E-state index contributed by atoms with van der Waals surface area (Å²) in [7, 11) is 1.59. The topological polar surface area (TPSA) is 143 Å². The lowest BCUT2D eigenvalue weighted by molar-refractivity contribution is -0.159. The fourth-order valence-electron chi connectivity index (χ4n) is 3.54. The molecule has 1 amide bonds. The molecule has 4 N–H and O–H groups in total.